The molecule has 4 heteroatoms. The van der Waals surface area contributed by atoms with E-state index in [0.717, 1.165) is 16.7 Å². The maximum Gasteiger partial charge on any atom is 0.333 e. The number of ether oxygens (including phenoxy) is 1. The van der Waals surface area contributed by atoms with Gasteiger partial charge in [-0.25, -0.2) is 4.79 Å². The summed E-state index contributed by atoms with van der Waals surface area (Å²) in [5, 5.41) is 0.125. The summed E-state index contributed by atoms with van der Waals surface area (Å²) >= 11 is 0. The minimum Gasteiger partial charge on any atom is -0.466 e. The Labute approximate surface area is 130 Å². The number of rotatable bonds is 3. The van der Waals surface area contributed by atoms with Gasteiger partial charge in [-0.3, -0.25) is 0 Å². The number of hydrogen-bond acceptors (Lipinski definition) is 3. The minimum absolute atomic E-state index is 0.125. The van der Waals surface area contributed by atoms with Gasteiger partial charge in [-0.2, -0.15) is 0 Å². The molecule has 0 saturated carbocycles. The first kappa shape index (κ1) is 18.2. The van der Waals surface area contributed by atoms with Crippen LogP contribution in [0.2, 0.25) is 18.1 Å². The van der Waals surface area contributed by atoms with E-state index in [0.29, 0.717) is 6.42 Å². The van der Waals surface area contributed by atoms with Crippen molar-refractivity contribution in [2.45, 2.75) is 65.3 Å². The first-order valence-electron chi connectivity index (χ1n) is 7.57. The average Bonchev–Trinajstić information content (AvgIpc) is 2.36. The summed E-state index contributed by atoms with van der Waals surface area (Å²) in [5.74, 6) is -0.00625. The fourth-order valence-electron chi connectivity index (χ4n) is 2.30. The van der Waals surface area contributed by atoms with E-state index in [-0.39, 0.29) is 23.0 Å². The summed E-state index contributed by atoms with van der Waals surface area (Å²) in [7, 11) is -0.496. The minimum atomic E-state index is -1.93. The van der Waals surface area contributed by atoms with Crippen LogP contribution in [-0.4, -0.2) is 27.5 Å². The normalized spacial score (nSPS) is 24.3. The molecule has 3 nitrogen and oxygen atoms in total. The SMILES string of the molecule is C=C1[C@H](O[Si](C)(C)C(C)(C)C)C(C)=C(C(=O)OC)C[C@H]1C. The molecule has 0 spiro atoms. The van der Waals surface area contributed by atoms with Gasteiger partial charge in [0.05, 0.1) is 13.2 Å². The quantitative estimate of drug-likeness (QED) is 0.438. The van der Waals surface area contributed by atoms with Gasteiger partial charge in [0.15, 0.2) is 8.32 Å². The van der Waals surface area contributed by atoms with Crippen LogP contribution in [0, 0.1) is 5.92 Å². The van der Waals surface area contributed by atoms with E-state index in [1.165, 1.54) is 7.11 Å². The van der Waals surface area contributed by atoms with Gasteiger partial charge in [-0.05, 0) is 48.5 Å². The zero-order chi connectivity index (χ0) is 16.6. The Morgan fingerprint density at radius 2 is 1.86 bits per heavy atom. The monoisotopic (exact) mass is 310 g/mol. The lowest BCUT2D eigenvalue weighted by atomic mass is 9.80. The second-order valence-corrected chi connectivity index (χ2v) is 12.3. The van der Waals surface area contributed by atoms with Crippen molar-refractivity contribution < 1.29 is 14.0 Å². The molecular formula is C17H30O3Si. The Balaban J connectivity index is 3.19. The summed E-state index contributed by atoms with van der Waals surface area (Å²) in [4.78, 5) is 12.0. The molecule has 0 fully saturated rings. The van der Waals surface area contributed by atoms with Gasteiger partial charge in [0.25, 0.3) is 0 Å². The molecule has 120 valence electrons. The Kier molecular flexibility index (Phi) is 5.27. The number of esters is 1. The molecule has 0 unspecified atom stereocenters. The molecule has 1 aliphatic carbocycles. The van der Waals surface area contributed by atoms with E-state index in [9.17, 15) is 4.79 Å². The molecule has 21 heavy (non-hydrogen) atoms. The van der Waals surface area contributed by atoms with Crippen molar-refractivity contribution in [3.05, 3.63) is 23.3 Å². The highest BCUT2D eigenvalue weighted by Crippen LogP contribution is 2.42. The predicted molar refractivity (Wildman–Crippen MR) is 89.7 cm³/mol. The van der Waals surface area contributed by atoms with Gasteiger partial charge in [0, 0.05) is 5.57 Å². The number of carbonyl (C=O) groups excluding carboxylic acids is 1. The van der Waals surface area contributed by atoms with Gasteiger partial charge >= 0.3 is 5.97 Å². The lowest BCUT2D eigenvalue weighted by Gasteiger charge is -2.42. The van der Waals surface area contributed by atoms with Crippen molar-refractivity contribution in [1.29, 1.82) is 0 Å². The van der Waals surface area contributed by atoms with Crippen LogP contribution in [-0.2, 0) is 14.0 Å². The van der Waals surface area contributed by atoms with Crippen molar-refractivity contribution in [2.75, 3.05) is 7.11 Å². The van der Waals surface area contributed by atoms with E-state index >= 15 is 0 Å². The van der Waals surface area contributed by atoms with Crippen molar-refractivity contribution in [1.82, 2.24) is 0 Å². The lowest BCUT2D eigenvalue weighted by Crippen LogP contribution is -2.46. The van der Waals surface area contributed by atoms with Crippen LogP contribution in [0.1, 0.15) is 41.0 Å². The lowest BCUT2D eigenvalue weighted by molar-refractivity contribution is -0.136. The van der Waals surface area contributed by atoms with Crippen molar-refractivity contribution in [3.8, 4) is 0 Å². The summed E-state index contributed by atoms with van der Waals surface area (Å²) < 4.78 is 11.5. The molecule has 1 rings (SSSR count). The predicted octanol–water partition coefficient (Wildman–Crippen LogP) is 4.46. The van der Waals surface area contributed by atoms with Crippen molar-refractivity contribution in [3.63, 3.8) is 0 Å². The molecule has 0 radical (unpaired) electrons. The highest BCUT2D eigenvalue weighted by atomic mass is 28.4. The van der Waals surface area contributed by atoms with Crippen LogP contribution in [0.3, 0.4) is 0 Å². The first-order chi connectivity index (χ1) is 9.42. The van der Waals surface area contributed by atoms with Gasteiger partial charge in [-0.1, -0.05) is 34.3 Å². The Hall–Kier alpha value is -0.873. The van der Waals surface area contributed by atoms with Gasteiger partial charge in [-0.15, -0.1) is 0 Å². The Morgan fingerprint density at radius 1 is 1.33 bits per heavy atom. The number of carbonyl (C=O) groups is 1. The molecule has 1 aliphatic rings. The fraction of sp³-hybridized carbons (Fsp3) is 0.706. The average molecular weight is 311 g/mol. The molecule has 0 aromatic carbocycles. The smallest absolute Gasteiger partial charge is 0.333 e. The zero-order valence-corrected chi connectivity index (χ0v) is 15.8. The summed E-state index contributed by atoms with van der Waals surface area (Å²) in [6.45, 7) is 19.4. The summed E-state index contributed by atoms with van der Waals surface area (Å²) in [6.07, 6.45) is 0.526. The Bertz CT molecular complexity index is 469. The third kappa shape index (κ3) is 3.66. The molecule has 2 atom stereocenters. The van der Waals surface area contributed by atoms with Crippen LogP contribution in [0.5, 0.6) is 0 Å². The van der Waals surface area contributed by atoms with Gasteiger partial charge in [0.1, 0.15) is 0 Å². The van der Waals surface area contributed by atoms with Crippen molar-refractivity contribution in [2.24, 2.45) is 5.92 Å². The molecule has 0 aliphatic heterocycles. The largest absolute Gasteiger partial charge is 0.466 e. The molecule has 0 bridgehead atoms. The second-order valence-electron chi connectivity index (χ2n) is 7.59. The van der Waals surface area contributed by atoms with Crippen LogP contribution < -0.4 is 0 Å². The van der Waals surface area contributed by atoms with E-state index in [1.54, 1.807) is 0 Å². The maximum absolute atomic E-state index is 12.0. The Morgan fingerprint density at radius 3 is 2.29 bits per heavy atom. The first-order valence-corrected chi connectivity index (χ1v) is 10.5. The van der Waals surface area contributed by atoms with Crippen LogP contribution in [0.4, 0.5) is 0 Å². The molecule has 0 saturated heterocycles. The second kappa shape index (κ2) is 6.09. The summed E-state index contributed by atoms with van der Waals surface area (Å²) in [5.41, 5.74) is 2.79. The number of hydrogen-bond donors (Lipinski definition) is 0. The van der Waals surface area contributed by atoms with E-state index in [2.05, 4.69) is 47.4 Å². The molecule has 0 aromatic heterocycles. The van der Waals surface area contributed by atoms with Crippen molar-refractivity contribution >= 4 is 14.3 Å². The number of methoxy groups -OCH3 is 1. The molecule has 0 amide bonds. The standard InChI is InChI=1S/C17H30O3Si/c1-11-10-14(16(18)19-7)13(3)15(12(11)2)20-21(8,9)17(4,5)6/h11,15H,2,10H2,1,3-9H3/t11-,15+/m1/s1. The zero-order valence-electron chi connectivity index (χ0n) is 14.8. The van der Waals surface area contributed by atoms with Crippen LogP contribution in [0.25, 0.3) is 0 Å². The third-order valence-electron chi connectivity index (χ3n) is 5.00. The van der Waals surface area contributed by atoms with Gasteiger partial charge in [0.2, 0.25) is 0 Å². The van der Waals surface area contributed by atoms with Crippen LogP contribution in [0.15, 0.2) is 23.3 Å². The van der Waals surface area contributed by atoms with E-state index in [4.69, 9.17) is 9.16 Å². The third-order valence-corrected chi connectivity index (χ3v) is 9.44. The fourth-order valence-corrected chi connectivity index (χ4v) is 3.57. The van der Waals surface area contributed by atoms with Crippen LogP contribution >= 0.6 is 0 Å². The highest BCUT2D eigenvalue weighted by Gasteiger charge is 2.42. The maximum atomic E-state index is 12.0. The molecule has 0 N–H and O–H groups in total. The molecular weight excluding hydrogens is 280 g/mol. The van der Waals surface area contributed by atoms with E-state index < -0.39 is 8.32 Å². The topological polar surface area (TPSA) is 35.5 Å². The van der Waals surface area contributed by atoms with E-state index in [1.807, 2.05) is 6.92 Å². The summed E-state index contributed by atoms with van der Waals surface area (Å²) in [6, 6.07) is 0. The van der Waals surface area contributed by atoms with Gasteiger partial charge < -0.3 is 9.16 Å². The molecule has 0 heterocycles. The highest BCUT2D eigenvalue weighted by molar-refractivity contribution is 6.74. The molecule has 0 aromatic rings.